The highest BCUT2D eigenvalue weighted by Gasteiger charge is 2.36. The molecule has 37 heavy (non-hydrogen) atoms. The minimum Gasteiger partial charge on any atom is -0.457 e. The van der Waals surface area contributed by atoms with Crippen LogP contribution in [0.25, 0.3) is 0 Å². The van der Waals surface area contributed by atoms with E-state index < -0.39 is 24.4 Å². The third-order valence-electron chi connectivity index (χ3n) is 6.45. The van der Waals surface area contributed by atoms with Gasteiger partial charge >= 0.3 is 5.97 Å². The Morgan fingerprint density at radius 2 is 1.62 bits per heavy atom. The normalized spacial score (nSPS) is 15.0. The summed E-state index contributed by atoms with van der Waals surface area (Å²) in [6, 6.07) is 16.8. The van der Waals surface area contributed by atoms with E-state index in [2.05, 4.69) is 21.2 Å². The maximum Gasteiger partial charge on any atom is 0.311 e. The number of halogens is 1. The topological polar surface area (TPSA) is 84.9 Å². The molecule has 0 aliphatic carbocycles. The number of hydrogen-bond acceptors (Lipinski definition) is 5. The molecule has 192 valence electrons. The number of ether oxygens (including phenoxy) is 2. The van der Waals surface area contributed by atoms with Crippen LogP contribution in [-0.2, 0) is 19.1 Å². The van der Waals surface area contributed by atoms with Crippen LogP contribution in [0.15, 0.2) is 59.1 Å². The molecule has 0 saturated carbocycles. The van der Waals surface area contributed by atoms with Crippen molar-refractivity contribution in [3.05, 3.63) is 81.3 Å². The van der Waals surface area contributed by atoms with Crippen LogP contribution in [0.2, 0.25) is 0 Å². The first kappa shape index (κ1) is 26.4. The molecule has 1 N–H and O–H groups in total. The minimum atomic E-state index is -0.636. The molecule has 7 nitrogen and oxygen atoms in total. The average molecular weight is 565 g/mol. The van der Waals surface area contributed by atoms with Crippen molar-refractivity contribution in [1.29, 1.82) is 0 Å². The van der Waals surface area contributed by atoms with Gasteiger partial charge in [0.2, 0.25) is 5.91 Å². The monoisotopic (exact) mass is 564 g/mol. The number of benzene rings is 3. The van der Waals surface area contributed by atoms with Crippen molar-refractivity contribution in [3.8, 4) is 11.5 Å². The fraction of sp³-hybridized carbons (Fsp3) is 0.276. The molecule has 1 aliphatic rings. The zero-order chi connectivity index (χ0) is 26.7. The molecule has 8 heteroatoms. The molecule has 0 radical (unpaired) electrons. The van der Waals surface area contributed by atoms with E-state index in [9.17, 15) is 14.4 Å². The van der Waals surface area contributed by atoms with Gasteiger partial charge in [-0.3, -0.25) is 14.4 Å². The number of esters is 1. The summed E-state index contributed by atoms with van der Waals surface area (Å²) in [4.78, 5) is 39.1. The van der Waals surface area contributed by atoms with E-state index in [1.165, 1.54) is 5.56 Å². The van der Waals surface area contributed by atoms with E-state index in [0.717, 1.165) is 26.9 Å². The Morgan fingerprint density at radius 3 is 2.32 bits per heavy atom. The maximum atomic E-state index is 12.6. The van der Waals surface area contributed by atoms with Gasteiger partial charge < -0.3 is 19.7 Å². The summed E-state index contributed by atoms with van der Waals surface area (Å²) in [7, 11) is 0. The fourth-order valence-electron chi connectivity index (χ4n) is 4.08. The van der Waals surface area contributed by atoms with Gasteiger partial charge in [-0.05, 0) is 98.5 Å². The van der Waals surface area contributed by atoms with Crippen molar-refractivity contribution in [2.24, 2.45) is 5.92 Å². The zero-order valence-electron chi connectivity index (χ0n) is 21.3. The van der Waals surface area contributed by atoms with Crippen LogP contribution in [0.4, 0.5) is 11.4 Å². The largest absolute Gasteiger partial charge is 0.457 e. The molecule has 3 aromatic rings. The molecule has 0 spiro atoms. The fourth-order valence-corrected chi connectivity index (χ4v) is 4.54. The quantitative estimate of drug-likeness (QED) is 0.355. The Hall–Kier alpha value is -3.65. The predicted octanol–water partition coefficient (Wildman–Crippen LogP) is 6.01. The van der Waals surface area contributed by atoms with E-state index in [1.54, 1.807) is 29.2 Å². The Kier molecular flexibility index (Phi) is 7.97. The number of anilines is 2. The zero-order valence-corrected chi connectivity index (χ0v) is 22.8. The summed E-state index contributed by atoms with van der Waals surface area (Å²) in [6.45, 7) is 7.66. The van der Waals surface area contributed by atoms with Gasteiger partial charge in [0.25, 0.3) is 5.91 Å². The standard InChI is InChI=1S/C29H29BrN2O5/c1-17-5-8-24(11-18(17)2)37-23-9-6-22(7-10-23)32-15-21(14-28(32)34)29(35)36-16-27(33)31-26-13-19(3)25(30)12-20(26)4/h5-13,21H,14-16H2,1-4H3,(H,31,33)/t21-/m0/s1. The number of nitrogens with one attached hydrogen (secondary N) is 1. The highest BCUT2D eigenvalue weighted by atomic mass is 79.9. The van der Waals surface area contributed by atoms with Crippen LogP contribution >= 0.6 is 15.9 Å². The number of aryl methyl sites for hydroxylation is 4. The second kappa shape index (κ2) is 11.2. The molecule has 1 aliphatic heterocycles. The number of carbonyl (C=O) groups excluding carboxylic acids is 3. The highest BCUT2D eigenvalue weighted by molar-refractivity contribution is 9.10. The van der Waals surface area contributed by atoms with Crippen LogP contribution in [0.1, 0.15) is 28.7 Å². The second-order valence-electron chi connectivity index (χ2n) is 9.32. The Bertz CT molecular complexity index is 1350. The first-order valence-corrected chi connectivity index (χ1v) is 12.8. The molecule has 1 atom stereocenters. The molecule has 1 saturated heterocycles. The molecule has 4 rings (SSSR count). The average Bonchev–Trinajstić information content (AvgIpc) is 3.25. The molecular formula is C29H29BrN2O5. The molecule has 3 aromatic carbocycles. The third kappa shape index (κ3) is 6.38. The van der Waals surface area contributed by atoms with Gasteiger partial charge in [-0.25, -0.2) is 0 Å². The van der Waals surface area contributed by atoms with Crippen LogP contribution in [0.5, 0.6) is 11.5 Å². The smallest absolute Gasteiger partial charge is 0.311 e. The van der Waals surface area contributed by atoms with Crippen LogP contribution in [-0.4, -0.2) is 30.9 Å². The van der Waals surface area contributed by atoms with Gasteiger partial charge in [-0.1, -0.05) is 22.0 Å². The van der Waals surface area contributed by atoms with Crippen LogP contribution in [0, 0.1) is 33.6 Å². The van der Waals surface area contributed by atoms with E-state index >= 15 is 0 Å². The van der Waals surface area contributed by atoms with Crippen molar-refractivity contribution >= 4 is 45.1 Å². The molecule has 0 bridgehead atoms. The van der Waals surface area contributed by atoms with Gasteiger partial charge in [-0.2, -0.15) is 0 Å². The summed E-state index contributed by atoms with van der Waals surface area (Å²) in [5, 5.41) is 2.77. The molecule has 1 fully saturated rings. The summed E-state index contributed by atoms with van der Waals surface area (Å²) < 4.78 is 12.1. The molecule has 2 amide bonds. The minimum absolute atomic E-state index is 0.0341. The summed E-state index contributed by atoms with van der Waals surface area (Å²) in [5.74, 6) is -0.413. The molecular weight excluding hydrogens is 536 g/mol. The lowest BCUT2D eigenvalue weighted by Gasteiger charge is -2.17. The van der Waals surface area contributed by atoms with Crippen molar-refractivity contribution in [1.82, 2.24) is 0 Å². The van der Waals surface area contributed by atoms with Crippen molar-refractivity contribution in [2.45, 2.75) is 34.1 Å². The summed E-state index contributed by atoms with van der Waals surface area (Å²) >= 11 is 3.46. The number of rotatable bonds is 7. The summed E-state index contributed by atoms with van der Waals surface area (Å²) in [5.41, 5.74) is 5.54. The van der Waals surface area contributed by atoms with Gasteiger partial charge in [0.1, 0.15) is 11.5 Å². The van der Waals surface area contributed by atoms with Gasteiger partial charge in [0.05, 0.1) is 5.92 Å². The summed E-state index contributed by atoms with van der Waals surface area (Å²) in [6.07, 6.45) is 0.0341. The van der Waals surface area contributed by atoms with E-state index in [4.69, 9.17) is 9.47 Å². The van der Waals surface area contributed by atoms with Gasteiger partial charge in [0.15, 0.2) is 6.61 Å². The Labute approximate surface area is 224 Å². The number of hydrogen-bond donors (Lipinski definition) is 1. The second-order valence-corrected chi connectivity index (χ2v) is 10.2. The Balaban J connectivity index is 1.30. The van der Waals surface area contributed by atoms with E-state index in [0.29, 0.717) is 17.1 Å². The van der Waals surface area contributed by atoms with Crippen molar-refractivity contribution < 1.29 is 23.9 Å². The number of nitrogens with zero attached hydrogens (tertiary/aromatic N) is 1. The van der Waals surface area contributed by atoms with Crippen molar-refractivity contribution in [3.63, 3.8) is 0 Å². The van der Waals surface area contributed by atoms with Crippen molar-refractivity contribution in [2.75, 3.05) is 23.4 Å². The van der Waals surface area contributed by atoms with E-state index in [1.807, 2.05) is 58.0 Å². The first-order valence-electron chi connectivity index (χ1n) is 12.0. The van der Waals surface area contributed by atoms with Gasteiger partial charge in [-0.15, -0.1) is 0 Å². The van der Waals surface area contributed by atoms with Crippen LogP contribution < -0.4 is 15.0 Å². The number of amides is 2. The molecule has 1 heterocycles. The lowest BCUT2D eigenvalue weighted by molar-refractivity contribution is -0.151. The van der Waals surface area contributed by atoms with Crippen LogP contribution in [0.3, 0.4) is 0 Å². The van der Waals surface area contributed by atoms with Gasteiger partial charge in [0, 0.05) is 28.8 Å². The predicted molar refractivity (Wildman–Crippen MR) is 146 cm³/mol. The number of carbonyl (C=O) groups is 3. The third-order valence-corrected chi connectivity index (χ3v) is 7.30. The SMILES string of the molecule is Cc1ccc(Oc2ccc(N3C[C@@H](C(=O)OCC(=O)Nc4cc(C)c(Br)cc4C)CC3=O)cc2)cc1C. The lowest BCUT2D eigenvalue weighted by Crippen LogP contribution is -2.28. The maximum absolute atomic E-state index is 12.6. The highest BCUT2D eigenvalue weighted by Crippen LogP contribution is 2.30. The Morgan fingerprint density at radius 1 is 0.919 bits per heavy atom. The van der Waals surface area contributed by atoms with E-state index in [-0.39, 0.29) is 18.9 Å². The molecule has 0 unspecified atom stereocenters. The molecule has 0 aromatic heterocycles. The lowest BCUT2D eigenvalue weighted by atomic mass is 10.1. The first-order chi connectivity index (χ1) is 17.6.